The Hall–Kier alpha value is -2.77. The second kappa shape index (κ2) is 9.36. The molecule has 7 heteroatoms. The van der Waals surface area contributed by atoms with Crippen LogP contribution in [0.15, 0.2) is 59.5 Å². The van der Waals surface area contributed by atoms with E-state index in [2.05, 4.69) is 38.2 Å². The molecule has 1 saturated heterocycles. The summed E-state index contributed by atoms with van der Waals surface area (Å²) in [6, 6.07) is 18.0. The molecule has 0 amide bonds. The molecule has 1 aliphatic heterocycles. The summed E-state index contributed by atoms with van der Waals surface area (Å²) in [5.74, 6) is 2.97. The molecule has 0 radical (unpaired) electrons. The molecule has 2 heterocycles. The Labute approximate surface area is 182 Å². The third kappa shape index (κ3) is 5.23. The molecule has 30 heavy (non-hydrogen) atoms. The fourth-order valence-electron chi connectivity index (χ4n) is 3.21. The maximum atomic E-state index is 5.96. The summed E-state index contributed by atoms with van der Waals surface area (Å²) in [5.41, 5.74) is 2.10. The number of nitrogens with zero attached hydrogens (tertiary/aromatic N) is 4. The van der Waals surface area contributed by atoms with Gasteiger partial charge in [-0.15, -0.1) is 0 Å². The van der Waals surface area contributed by atoms with Crippen LogP contribution in [0, 0.1) is 13.8 Å². The maximum Gasteiger partial charge on any atom is 0.228 e. The number of aryl methyl sites for hydroxylation is 2. The van der Waals surface area contributed by atoms with Crippen LogP contribution in [0.1, 0.15) is 11.3 Å². The van der Waals surface area contributed by atoms with Crippen LogP contribution in [0.5, 0.6) is 17.4 Å². The van der Waals surface area contributed by atoms with E-state index in [4.69, 9.17) is 9.47 Å². The minimum atomic E-state index is 0.580. The molecule has 0 spiro atoms. The Bertz CT molecular complexity index is 971. The van der Waals surface area contributed by atoms with E-state index < -0.39 is 0 Å². The highest BCUT2D eigenvalue weighted by molar-refractivity contribution is 7.97. The number of rotatable bonds is 6. The molecule has 156 valence electrons. The molecule has 4 rings (SSSR count). The Morgan fingerprint density at radius 3 is 2.17 bits per heavy atom. The minimum absolute atomic E-state index is 0.580. The molecule has 1 aliphatic rings. The van der Waals surface area contributed by atoms with Crippen molar-refractivity contribution < 1.29 is 9.47 Å². The van der Waals surface area contributed by atoms with E-state index in [0.717, 1.165) is 49.3 Å². The molecule has 0 unspecified atom stereocenters. The number of methoxy groups -OCH3 is 1. The molecule has 0 bridgehead atoms. The van der Waals surface area contributed by atoms with Gasteiger partial charge in [-0.2, -0.15) is 4.98 Å². The average Bonchev–Trinajstić information content (AvgIpc) is 2.76. The highest BCUT2D eigenvalue weighted by atomic mass is 32.2. The van der Waals surface area contributed by atoms with Crippen molar-refractivity contribution in [2.24, 2.45) is 0 Å². The van der Waals surface area contributed by atoms with Gasteiger partial charge in [-0.25, -0.2) is 9.29 Å². The molecular formula is C23H26N4O2S. The molecule has 0 atom stereocenters. The van der Waals surface area contributed by atoms with Crippen molar-refractivity contribution in [3.63, 3.8) is 0 Å². The number of anilines is 1. The lowest BCUT2D eigenvalue weighted by Gasteiger charge is -2.34. The average molecular weight is 423 g/mol. The SMILES string of the molecule is COc1ccc(SN2CCN(c3nc(C)cc(Oc4ccc(C)cc4)n3)CC2)cc1. The van der Waals surface area contributed by atoms with E-state index in [1.54, 1.807) is 19.1 Å². The van der Waals surface area contributed by atoms with Gasteiger partial charge in [-0.05, 0) is 62.2 Å². The molecule has 3 aromatic rings. The summed E-state index contributed by atoms with van der Waals surface area (Å²) in [6.07, 6.45) is 0. The normalized spacial score (nSPS) is 14.6. The van der Waals surface area contributed by atoms with E-state index in [1.807, 2.05) is 49.4 Å². The zero-order chi connectivity index (χ0) is 20.9. The van der Waals surface area contributed by atoms with Crippen molar-refractivity contribution in [2.75, 3.05) is 38.2 Å². The molecular weight excluding hydrogens is 396 g/mol. The van der Waals surface area contributed by atoms with Gasteiger partial charge in [0.05, 0.1) is 7.11 Å². The quantitative estimate of drug-likeness (QED) is 0.533. The van der Waals surface area contributed by atoms with Crippen molar-refractivity contribution >= 4 is 17.9 Å². The standard InChI is InChI=1S/C23H26N4O2S/c1-17-4-6-20(7-5-17)29-22-16-18(2)24-23(25-22)26-12-14-27(15-13-26)30-21-10-8-19(28-3)9-11-21/h4-11,16H,12-15H2,1-3H3. The van der Waals surface area contributed by atoms with Crippen LogP contribution >= 0.6 is 11.9 Å². The van der Waals surface area contributed by atoms with E-state index in [0.29, 0.717) is 5.88 Å². The van der Waals surface area contributed by atoms with Gasteiger partial charge in [0.15, 0.2) is 0 Å². The largest absolute Gasteiger partial charge is 0.497 e. The number of piperazine rings is 1. The first-order chi connectivity index (χ1) is 14.6. The molecule has 0 N–H and O–H groups in total. The summed E-state index contributed by atoms with van der Waals surface area (Å²) in [7, 11) is 1.69. The topological polar surface area (TPSA) is 50.7 Å². The highest BCUT2D eigenvalue weighted by Gasteiger charge is 2.21. The van der Waals surface area contributed by atoms with E-state index >= 15 is 0 Å². The number of benzene rings is 2. The Balaban J connectivity index is 1.37. The maximum absolute atomic E-state index is 5.96. The van der Waals surface area contributed by atoms with Crippen LogP contribution in [-0.2, 0) is 0 Å². The van der Waals surface area contributed by atoms with Gasteiger partial charge >= 0.3 is 0 Å². The molecule has 0 aliphatic carbocycles. The smallest absolute Gasteiger partial charge is 0.228 e. The molecule has 1 fully saturated rings. The first-order valence-electron chi connectivity index (χ1n) is 10.0. The van der Waals surface area contributed by atoms with Gasteiger partial charge in [-0.1, -0.05) is 17.7 Å². The van der Waals surface area contributed by atoms with Crippen molar-refractivity contribution in [2.45, 2.75) is 18.7 Å². The molecule has 1 aromatic heterocycles. The van der Waals surface area contributed by atoms with Gasteiger partial charge in [0.1, 0.15) is 11.5 Å². The summed E-state index contributed by atoms with van der Waals surface area (Å²) in [6.45, 7) is 7.64. The number of hydrogen-bond donors (Lipinski definition) is 0. The van der Waals surface area contributed by atoms with E-state index in [1.165, 1.54) is 10.5 Å². The van der Waals surface area contributed by atoms with E-state index in [9.17, 15) is 0 Å². The van der Waals surface area contributed by atoms with Gasteiger partial charge in [0.2, 0.25) is 11.8 Å². The summed E-state index contributed by atoms with van der Waals surface area (Å²) in [4.78, 5) is 12.7. The number of aromatic nitrogens is 2. The fraction of sp³-hybridized carbons (Fsp3) is 0.304. The minimum Gasteiger partial charge on any atom is -0.497 e. The third-order valence-corrected chi connectivity index (χ3v) is 5.98. The highest BCUT2D eigenvalue weighted by Crippen LogP contribution is 2.27. The lowest BCUT2D eigenvalue weighted by Crippen LogP contribution is -2.44. The second-order valence-corrected chi connectivity index (χ2v) is 8.42. The van der Waals surface area contributed by atoms with Gasteiger partial charge in [-0.3, -0.25) is 0 Å². The van der Waals surface area contributed by atoms with Gasteiger partial charge in [0, 0.05) is 42.8 Å². The summed E-state index contributed by atoms with van der Waals surface area (Å²) >= 11 is 1.78. The summed E-state index contributed by atoms with van der Waals surface area (Å²) in [5, 5.41) is 0. The third-order valence-electron chi connectivity index (χ3n) is 4.88. The summed E-state index contributed by atoms with van der Waals surface area (Å²) < 4.78 is 13.6. The Morgan fingerprint density at radius 1 is 0.833 bits per heavy atom. The van der Waals surface area contributed by atoms with Crippen LogP contribution < -0.4 is 14.4 Å². The van der Waals surface area contributed by atoms with Crippen molar-refractivity contribution in [1.29, 1.82) is 0 Å². The molecule has 0 saturated carbocycles. The zero-order valence-corrected chi connectivity index (χ0v) is 18.4. The van der Waals surface area contributed by atoms with E-state index in [-0.39, 0.29) is 0 Å². The molecule has 2 aromatic carbocycles. The fourth-order valence-corrected chi connectivity index (χ4v) is 4.11. The van der Waals surface area contributed by atoms with Gasteiger partial charge in [0.25, 0.3) is 0 Å². The second-order valence-electron chi connectivity index (χ2n) is 7.25. The van der Waals surface area contributed by atoms with Crippen LogP contribution in [0.2, 0.25) is 0 Å². The van der Waals surface area contributed by atoms with Crippen LogP contribution in [0.25, 0.3) is 0 Å². The lowest BCUT2D eigenvalue weighted by molar-refractivity contribution is 0.414. The van der Waals surface area contributed by atoms with Crippen molar-refractivity contribution in [3.8, 4) is 17.4 Å². The first-order valence-corrected chi connectivity index (χ1v) is 10.8. The van der Waals surface area contributed by atoms with Crippen LogP contribution in [0.3, 0.4) is 0 Å². The Kier molecular flexibility index (Phi) is 6.40. The van der Waals surface area contributed by atoms with Crippen LogP contribution in [-0.4, -0.2) is 47.6 Å². The van der Waals surface area contributed by atoms with Gasteiger partial charge < -0.3 is 14.4 Å². The number of hydrogen-bond acceptors (Lipinski definition) is 7. The first kappa shape index (κ1) is 20.5. The Morgan fingerprint density at radius 2 is 1.50 bits per heavy atom. The lowest BCUT2D eigenvalue weighted by atomic mass is 10.2. The zero-order valence-electron chi connectivity index (χ0n) is 17.5. The van der Waals surface area contributed by atoms with Crippen LogP contribution in [0.4, 0.5) is 5.95 Å². The predicted octanol–water partition coefficient (Wildman–Crippen LogP) is 4.72. The van der Waals surface area contributed by atoms with Crippen molar-refractivity contribution in [1.82, 2.24) is 14.3 Å². The van der Waals surface area contributed by atoms with Crippen molar-refractivity contribution in [3.05, 3.63) is 65.9 Å². The molecule has 6 nitrogen and oxygen atoms in total. The number of ether oxygens (including phenoxy) is 2. The predicted molar refractivity (Wildman–Crippen MR) is 121 cm³/mol. The monoisotopic (exact) mass is 422 g/mol.